The van der Waals surface area contributed by atoms with Gasteiger partial charge in [0.15, 0.2) is 18.2 Å². The highest BCUT2D eigenvalue weighted by Crippen LogP contribution is 2.18. The van der Waals surface area contributed by atoms with Crippen molar-refractivity contribution in [1.82, 2.24) is 15.0 Å². The van der Waals surface area contributed by atoms with E-state index in [-0.39, 0.29) is 12.4 Å². The summed E-state index contributed by atoms with van der Waals surface area (Å²) in [4.78, 5) is 10.7. The second-order valence-corrected chi connectivity index (χ2v) is 4.20. The van der Waals surface area contributed by atoms with E-state index in [0.717, 1.165) is 6.20 Å². The number of anilines is 2. The number of nitrogen functional groups attached to an aromatic ring is 1. The van der Waals surface area contributed by atoms with E-state index in [1.807, 2.05) is 0 Å². The predicted octanol–water partition coefficient (Wildman–Crippen LogP) is 2.15. The van der Waals surface area contributed by atoms with E-state index >= 15 is 0 Å². The highest BCUT2D eigenvalue weighted by molar-refractivity contribution is 5.38. The monoisotopic (exact) mass is 317 g/mol. The summed E-state index contributed by atoms with van der Waals surface area (Å²) in [5, 5.41) is 2.62. The Kier molecular flexibility index (Phi) is 4.59. The topological polar surface area (TPSA) is 86.0 Å². The molecule has 10 heteroatoms. The Bertz CT molecular complexity index is 632. The van der Waals surface area contributed by atoms with Crippen molar-refractivity contribution in [2.75, 3.05) is 17.7 Å². The van der Waals surface area contributed by atoms with Crippen LogP contribution in [0.5, 0.6) is 6.01 Å². The molecule has 0 saturated heterocycles. The van der Waals surface area contributed by atoms with Gasteiger partial charge in [-0.2, -0.15) is 18.2 Å². The third kappa shape index (κ3) is 4.72. The largest absolute Gasteiger partial charge is 0.454 e. The molecule has 22 heavy (non-hydrogen) atoms. The van der Waals surface area contributed by atoms with Gasteiger partial charge in [0.2, 0.25) is 0 Å². The van der Waals surface area contributed by atoms with Crippen molar-refractivity contribution in [2.45, 2.75) is 12.7 Å². The summed E-state index contributed by atoms with van der Waals surface area (Å²) in [6.07, 6.45) is -2.33. The molecule has 0 atom stereocenters. The molecule has 0 amide bonds. The molecule has 0 aliphatic carbocycles. The molecule has 0 aliphatic heterocycles. The van der Waals surface area contributed by atoms with Crippen LogP contribution in [0, 0.1) is 5.82 Å². The van der Waals surface area contributed by atoms with Gasteiger partial charge in [-0.25, -0.2) is 14.4 Å². The van der Waals surface area contributed by atoms with Gasteiger partial charge in [-0.3, -0.25) is 0 Å². The smallest absolute Gasteiger partial charge is 0.422 e. The second-order valence-electron chi connectivity index (χ2n) is 4.20. The third-order valence-electron chi connectivity index (χ3n) is 2.39. The Morgan fingerprint density at radius 2 is 1.95 bits per heavy atom. The van der Waals surface area contributed by atoms with Gasteiger partial charge in [0.05, 0.1) is 6.20 Å². The molecule has 0 radical (unpaired) electrons. The molecule has 2 aromatic heterocycles. The number of rotatable bonds is 5. The first-order chi connectivity index (χ1) is 10.3. The molecule has 0 unspecified atom stereocenters. The van der Waals surface area contributed by atoms with Crippen molar-refractivity contribution in [2.24, 2.45) is 0 Å². The van der Waals surface area contributed by atoms with E-state index in [9.17, 15) is 17.6 Å². The lowest BCUT2D eigenvalue weighted by atomic mass is 10.3. The van der Waals surface area contributed by atoms with Crippen LogP contribution >= 0.6 is 0 Å². The molecule has 0 aromatic carbocycles. The van der Waals surface area contributed by atoms with Crippen LogP contribution < -0.4 is 15.8 Å². The number of nitrogens with one attached hydrogen (secondary N) is 1. The number of nitrogens with two attached hydrogens (primary N) is 1. The van der Waals surface area contributed by atoms with Crippen molar-refractivity contribution >= 4 is 11.6 Å². The zero-order valence-corrected chi connectivity index (χ0v) is 11.1. The van der Waals surface area contributed by atoms with Gasteiger partial charge < -0.3 is 15.8 Å². The maximum absolute atomic E-state index is 13.5. The minimum Gasteiger partial charge on any atom is -0.454 e. The highest BCUT2D eigenvalue weighted by Gasteiger charge is 2.29. The van der Waals surface area contributed by atoms with Gasteiger partial charge in [0, 0.05) is 12.7 Å². The maximum Gasteiger partial charge on any atom is 0.422 e. The first-order valence-corrected chi connectivity index (χ1v) is 6.00. The fourth-order valence-corrected chi connectivity index (χ4v) is 1.42. The standard InChI is InChI=1S/C12H11F4N5O/c13-8-5-20-11(22-6-12(14,15)16)21-10(8)19-4-7-1-2-9(17)18-3-7/h1-3,5H,4,6H2,(H2,17,18)(H,19,20,21). The Morgan fingerprint density at radius 1 is 1.18 bits per heavy atom. The average molecular weight is 317 g/mol. The van der Waals surface area contributed by atoms with Crippen LogP contribution in [-0.4, -0.2) is 27.7 Å². The Labute approximate surface area is 122 Å². The first kappa shape index (κ1) is 15.7. The Morgan fingerprint density at radius 3 is 2.59 bits per heavy atom. The number of alkyl halides is 3. The molecule has 0 saturated carbocycles. The van der Waals surface area contributed by atoms with Gasteiger partial charge >= 0.3 is 12.2 Å². The van der Waals surface area contributed by atoms with Gasteiger partial charge in [0.25, 0.3) is 0 Å². The number of halogens is 4. The zero-order valence-electron chi connectivity index (χ0n) is 11.1. The number of aromatic nitrogens is 3. The molecule has 0 spiro atoms. The van der Waals surface area contributed by atoms with Gasteiger partial charge in [0.1, 0.15) is 5.82 Å². The van der Waals surface area contributed by atoms with Crippen molar-refractivity contribution in [3.05, 3.63) is 35.9 Å². The van der Waals surface area contributed by atoms with Crippen LogP contribution in [0.3, 0.4) is 0 Å². The molecule has 0 bridgehead atoms. The molecule has 0 fully saturated rings. The van der Waals surface area contributed by atoms with E-state index < -0.39 is 24.6 Å². The molecule has 2 rings (SSSR count). The van der Waals surface area contributed by atoms with Crippen LogP contribution in [0.4, 0.5) is 29.2 Å². The number of nitrogens with zero attached hydrogens (tertiary/aromatic N) is 3. The number of ether oxygens (including phenoxy) is 1. The lowest BCUT2D eigenvalue weighted by Crippen LogP contribution is -2.20. The number of pyridine rings is 1. The minimum atomic E-state index is -4.53. The quantitative estimate of drug-likeness (QED) is 0.822. The van der Waals surface area contributed by atoms with Crippen LogP contribution in [0.1, 0.15) is 5.56 Å². The Balaban J connectivity index is 2.02. The lowest BCUT2D eigenvalue weighted by Gasteiger charge is -2.10. The molecule has 2 aromatic rings. The van der Waals surface area contributed by atoms with E-state index in [0.29, 0.717) is 11.4 Å². The second kappa shape index (κ2) is 6.41. The summed E-state index contributed by atoms with van der Waals surface area (Å²) >= 11 is 0. The summed E-state index contributed by atoms with van der Waals surface area (Å²) < 4.78 is 54.0. The SMILES string of the molecule is Nc1ccc(CNc2nc(OCC(F)(F)F)ncc2F)cn1. The Hall–Kier alpha value is -2.65. The van der Waals surface area contributed by atoms with E-state index in [1.165, 1.54) is 6.20 Å². The first-order valence-electron chi connectivity index (χ1n) is 6.00. The fraction of sp³-hybridized carbons (Fsp3) is 0.250. The van der Waals surface area contributed by atoms with Gasteiger partial charge in [-0.15, -0.1) is 0 Å². The van der Waals surface area contributed by atoms with Crippen molar-refractivity contribution < 1.29 is 22.3 Å². The van der Waals surface area contributed by atoms with Crippen LogP contribution in [0.25, 0.3) is 0 Å². The number of hydrogen-bond acceptors (Lipinski definition) is 6. The molecule has 2 heterocycles. The summed E-state index contributed by atoms with van der Waals surface area (Å²) in [7, 11) is 0. The van der Waals surface area contributed by atoms with E-state index in [2.05, 4.69) is 25.0 Å². The van der Waals surface area contributed by atoms with Gasteiger partial charge in [-0.1, -0.05) is 6.07 Å². The predicted molar refractivity (Wildman–Crippen MR) is 69.5 cm³/mol. The van der Waals surface area contributed by atoms with Gasteiger partial charge in [-0.05, 0) is 11.6 Å². The normalized spacial score (nSPS) is 11.3. The molecule has 118 valence electrons. The van der Waals surface area contributed by atoms with Crippen molar-refractivity contribution in [3.63, 3.8) is 0 Å². The molecule has 3 N–H and O–H groups in total. The molecule has 0 aliphatic rings. The average Bonchev–Trinajstić information content (AvgIpc) is 2.46. The summed E-state index contributed by atoms with van der Waals surface area (Å²) in [5.74, 6) is -0.758. The summed E-state index contributed by atoms with van der Waals surface area (Å²) in [6, 6.07) is 2.65. The van der Waals surface area contributed by atoms with Crippen molar-refractivity contribution in [3.8, 4) is 6.01 Å². The third-order valence-corrected chi connectivity index (χ3v) is 2.39. The lowest BCUT2D eigenvalue weighted by molar-refractivity contribution is -0.154. The summed E-state index contributed by atoms with van der Waals surface area (Å²) in [5.41, 5.74) is 6.11. The van der Waals surface area contributed by atoms with Crippen molar-refractivity contribution in [1.29, 1.82) is 0 Å². The molecular weight excluding hydrogens is 306 g/mol. The van der Waals surface area contributed by atoms with Crippen LogP contribution in [0.15, 0.2) is 24.5 Å². The van der Waals surface area contributed by atoms with E-state index in [4.69, 9.17) is 5.73 Å². The van der Waals surface area contributed by atoms with Crippen LogP contribution in [-0.2, 0) is 6.54 Å². The zero-order chi connectivity index (χ0) is 16.2. The molecule has 6 nitrogen and oxygen atoms in total. The minimum absolute atomic E-state index is 0.153. The fourth-order valence-electron chi connectivity index (χ4n) is 1.42. The summed E-state index contributed by atoms with van der Waals surface area (Å²) in [6.45, 7) is -1.40. The highest BCUT2D eigenvalue weighted by atomic mass is 19.4. The maximum atomic E-state index is 13.5. The van der Waals surface area contributed by atoms with Crippen LogP contribution in [0.2, 0.25) is 0 Å². The van der Waals surface area contributed by atoms with E-state index in [1.54, 1.807) is 12.1 Å². The number of hydrogen-bond donors (Lipinski definition) is 2. The molecular formula is C12H11F4N5O.